The lowest BCUT2D eigenvalue weighted by molar-refractivity contribution is 0.0822. The van der Waals surface area contributed by atoms with E-state index in [0.29, 0.717) is 12.1 Å². The number of hydrogen-bond donors (Lipinski definition) is 2. The molecule has 112 valence electrons. The van der Waals surface area contributed by atoms with E-state index in [1.165, 1.54) is 6.42 Å². The molecule has 0 saturated carbocycles. The Kier molecular flexibility index (Phi) is 5.63. The second-order valence-electron chi connectivity index (χ2n) is 6.44. The first-order chi connectivity index (χ1) is 9.15. The molecule has 0 aromatic heterocycles. The Bertz CT molecular complexity index is 267. The molecular formula is C15H30N2O2. The summed E-state index contributed by atoms with van der Waals surface area (Å²) in [6.07, 6.45) is 5.96. The molecule has 0 amide bonds. The molecule has 2 N–H and O–H groups in total. The van der Waals surface area contributed by atoms with Gasteiger partial charge in [-0.25, -0.2) is 0 Å². The fourth-order valence-electron chi connectivity index (χ4n) is 3.26. The lowest BCUT2D eigenvalue weighted by atomic mass is 9.91. The number of rotatable bonds is 5. The van der Waals surface area contributed by atoms with Crippen molar-refractivity contribution in [1.82, 2.24) is 10.2 Å². The van der Waals surface area contributed by atoms with Gasteiger partial charge in [0.05, 0.1) is 12.7 Å². The van der Waals surface area contributed by atoms with E-state index in [1.54, 1.807) is 0 Å². The Morgan fingerprint density at radius 1 is 1.32 bits per heavy atom. The van der Waals surface area contributed by atoms with E-state index in [2.05, 4.69) is 24.1 Å². The topological polar surface area (TPSA) is 44.7 Å². The van der Waals surface area contributed by atoms with Gasteiger partial charge in [-0.3, -0.25) is 0 Å². The second kappa shape index (κ2) is 7.02. The average Bonchev–Trinajstić information content (AvgIpc) is 2.82. The lowest BCUT2D eigenvalue weighted by Crippen LogP contribution is -2.51. The molecule has 2 aliphatic heterocycles. The monoisotopic (exact) mass is 270 g/mol. The van der Waals surface area contributed by atoms with Gasteiger partial charge in [0, 0.05) is 31.3 Å². The van der Waals surface area contributed by atoms with E-state index in [-0.39, 0.29) is 12.1 Å². The second-order valence-corrected chi connectivity index (χ2v) is 6.44. The van der Waals surface area contributed by atoms with Crippen molar-refractivity contribution in [3.05, 3.63) is 0 Å². The highest BCUT2D eigenvalue weighted by molar-refractivity contribution is 4.92. The molecular weight excluding hydrogens is 240 g/mol. The van der Waals surface area contributed by atoms with Gasteiger partial charge >= 0.3 is 0 Å². The minimum atomic E-state index is -0.0877. The van der Waals surface area contributed by atoms with Gasteiger partial charge in [0.1, 0.15) is 0 Å². The van der Waals surface area contributed by atoms with Crippen LogP contribution in [0.2, 0.25) is 0 Å². The molecule has 4 heteroatoms. The van der Waals surface area contributed by atoms with Gasteiger partial charge < -0.3 is 20.1 Å². The summed E-state index contributed by atoms with van der Waals surface area (Å²) in [5.74, 6) is 0. The van der Waals surface area contributed by atoms with Crippen LogP contribution in [0.5, 0.6) is 0 Å². The van der Waals surface area contributed by atoms with Crippen molar-refractivity contribution in [3.8, 4) is 0 Å². The fourth-order valence-corrected chi connectivity index (χ4v) is 3.26. The number of nitrogens with one attached hydrogen (secondary N) is 1. The summed E-state index contributed by atoms with van der Waals surface area (Å²) in [7, 11) is 0. The lowest BCUT2D eigenvalue weighted by Gasteiger charge is -2.33. The Morgan fingerprint density at radius 3 is 2.79 bits per heavy atom. The molecule has 0 bridgehead atoms. The molecule has 2 unspecified atom stereocenters. The summed E-state index contributed by atoms with van der Waals surface area (Å²) >= 11 is 0. The molecule has 2 heterocycles. The zero-order chi connectivity index (χ0) is 13.7. The third-order valence-corrected chi connectivity index (χ3v) is 4.74. The van der Waals surface area contributed by atoms with Crippen molar-refractivity contribution in [2.24, 2.45) is 0 Å². The van der Waals surface area contributed by atoms with Gasteiger partial charge in [-0.2, -0.15) is 0 Å². The van der Waals surface area contributed by atoms with Crippen molar-refractivity contribution in [3.63, 3.8) is 0 Å². The van der Waals surface area contributed by atoms with E-state index in [0.717, 1.165) is 51.9 Å². The Morgan fingerprint density at radius 2 is 2.16 bits per heavy atom. The summed E-state index contributed by atoms with van der Waals surface area (Å²) in [6, 6.07) is 0.604. The first-order valence-electron chi connectivity index (χ1n) is 7.87. The molecule has 2 fully saturated rings. The Hall–Kier alpha value is -0.160. The number of ether oxygens (including phenoxy) is 1. The molecule has 0 spiro atoms. The van der Waals surface area contributed by atoms with Gasteiger partial charge in [0.2, 0.25) is 0 Å². The van der Waals surface area contributed by atoms with Crippen LogP contribution < -0.4 is 5.32 Å². The predicted molar refractivity (Wildman–Crippen MR) is 77.4 cm³/mol. The predicted octanol–water partition coefficient (Wildman–Crippen LogP) is 1.38. The maximum absolute atomic E-state index is 9.84. The fraction of sp³-hybridized carbons (Fsp3) is 1.00. The number of aliphatic hydroxyl groups is 1. The van der Waals surface area contributed by atoms with Crippen LogP contribution in [-0.4, -0.2) is 60.5 Å². The van der Waals surface area contributed by atoms with Crippen LogP contribution in [0.4, 0.5) is 0 Å². The van der Waals surface area contributed by atoms with Crippen molar-refractivity contribution < 1.29 is 9.84 Å². The largest absolute Gasteiger partial charge is 0.394 e. The van der Waals surface area contributed by atoms with Gasteiger partial charge in [-0.05, 0) is 52.5 Å². The van der Waals surface area contributed by atoms with Crippen LogP contribution in [0.1, 0.15) is 46.0 Å². The van der Waals surface area contributed by atoms with Crippen molar-refractivity contribution in [2.45, 2.75) is 63.6 Å². The summed E-state index contributed by atoms with van der Waals surface area (Å²) < 4.78 is 5.67. The third kappa shape index (κ3) is 4.15. The highest BCUT2D eigenvalue weighted by atomic mass is 16.5. The minimum Gasteiger partial charge on any atom is -0.394 e. The molecule has 0 radical (unpaired) electrons. The van der Waals surface area contributed by atoms with E-state index >= 15 is 0 Å². The van der Waals surface area contributed by atoms with Gasteiger partial charge in [-0.15, -0.1) is 0 Å². The molecule has 0 aromatic carbocycles. The van der Waals surface area contributed by atoms with Crippen LogP contribution in [0.15, 0.2) is 0 Å². The van der Waals surface area contributed by atoms with Gasteiger partial charge in [-0.1, -0.05) is 0 Å². The third-order valence-electron chi connectivity index (χ3n) is 4.74. The van der Waals surface area contributed by atoms with Crippen LogP contribution in [0.3, 0.4) is 0 Å². The number of likely N-dealkylation sites (tertiary alicyclic amines) is 1. The van der Waals surface area contributed by atoms with Crippen molar-refractivity contribution in [1.29, 1.82) is 0 Å². The van der Waals surface area contributed by atoms with E-state index in [1.807, 2.05) is 0 Å². The maximum atomic E-state index is 9.84. The van der Waals surface area contributed by atoms with E-state index < -0.39 is 0 Å². The highest BCUT2D eigenvalue weighted by Crippen LogP contribution is 2.24. The molecule has 0 aromatic rings. The first-order valence-corrected chi connectivity index (χ1v) is 7.87. The van der Waals surface area contributed by atoms with Crippen LogP contribution in [-0.2, 0) is 4.74 Å². The number of hydrogen-bond acceptors (Lipinski definition) is 4. The van der Waals surface area contributed by atoms with Crippen LogP contribution in [0.25, 0.3) is 0 Å². The van der Waals surface area contributed by atoms with Crippen LogP contribution >= 0.6 is 0 Å². The number of aliphatic hydroxyl groups excluding tert-OH is 1. The van der Waals surface area contributed by atoms with Crippen molar-refractivity contribution in [2.75, 3.05) is 32.8 Å². The first kappa shape index (κ1) is 15.2. The zero-order valence-corrected chi connectivity index (χ0v) is 12.5. The summed E-state index contributed by atoms with van der Waals surface area (Å²) in [4.78, 5) is 2.52. The number of nitrogens with zero attached hydrogens (tertiary/aromatic N) is 1. The summed E-state index contributed by atoms with van der Waals surface area (Å²) in [6.45, 7) is 8.78. The maximum Gasteiger partial charge on any atom is 0.0700 e. The molecule has 2 atom stereocenters. The molecule has 2 rings (SSSR count). The molecule has 2 aliphatic rings. The summed E-state index contributed by atoms with van der Waals surface area (Å²) in [5.41, 5.74) is -0.0877. The van der Waals surface area contributed by atoms with Gasteiger partial charge in [0.15, 0.2) is 0 Å². The molecule has 4 nitrogen and oxygen atoms in total. The van der Waals surface area contributed by atoms with Gasteiger partial charge in [0.25, 0.3) is 0 Å². The van der Waals surface area contributed by atoms with E-state index in [4.69, 9.17) is 4.74 Å². The standard InChI is InChI=1S/C15H30N2O2/c1-13(2)17-8-4-6-15(12-18,7-9-17)16-11-14-5-3-10-19-14/h13-14,16,18H,3-12H2,1-2H3. The molecule has 19 heavy (non-hydrogen) atoms. The Balaban J connectivity index is 1.86. The molecule has 0 aliphatic carbocycles. The zero-order valence-electron chi connectivity index (χ0n) is 12.5. The molecule has 2 saturated heterocycles. The summed E-state index contributed by atoms with van der Waals surface area (Å²) in [5, 5.41) is 13.5. The quantitative estimate of drug-likeness (QED) is 0.792. The minimum absolute atomic E-state index is 0.0877. The van der Waals surface area contributed by atoms with E-state index in [9.17, 15) is 5.11 Å². The van der Waals surface area contributed by atoms with Crippen molar-refractivity contribution >= 4 is 0 Å². The van der Waals surface area contributed by atoms with Crippen LogP contribution in [0, 0.1) is 0 Å². The average molecular weight is 270 g/mol. The normalized spacial score (nSPS) is 33.8. The Labute approximate surface area is 117 Å². The smallest absolute Gasteiger partial charge is 0.0700 e. The SMILES string of the molecule is CC(C)N1CCCC(CO)(NCC2CCCO2)CC1. The highest BCUT2D eigenvalue weighted by Gasteiger charge is 2.33.